The Balaban J connectivity index is 1.69. The van der Waals surface area contributed by atoms with E-state index in [1.165, 1.54) is 4.90 Å². The smallest absolute Gasteiger partial charge is 0.240 e. The predicted octanol–water partition coefficient (Wildman–Crippen LogP) is 0.839. The van der Waals surface area contributed by atoms with E-state index in [2.05, 4.69) is 5.10 Å². The molecule has 2 aromatic rings. The first-order valence-corrected chi connectivity index (χ1v) is 7.36. The van der Waals surface area contributed by atoms with Gasteiger partial charge in [-0.05, 0) is 23.8 Å². The highest BCUT2D eigenvalue weighted by Crippen LogP contribution is 2.21. The van der Waals surface area contributed by atoms with E-state index in [1.807, 2.05) is 36.5 Å². The number of likely N-dealkylation sites (tertiary alicyclic amines) is 1. The molecule has 0 radical (unpaired) electrons. The Hall–Kier alpha value is -2.70. The molecular formula is C16H17FN4O2. The van der Waals surface area contributed by atoms with Crippen molar-refractivity contribution >= 4 is 11.8 Å². The van der Waals surface area contributed by atoms with Gasteiger partial charge in [-0.1, -0.05) is 12.1 Å². The summed E-state index contributed by atoms with van der Waals surface area (Å²) >= 11 is 0. The first-order chi connectivity index (χ1) is 11.0. The first-order valence-electron chi connectivity index (χ1n) is 7.36. The second kappa shape index (κ2) is 6.20. The van der Waals surface area contributed by atoms with Crippen molar-refractivity contribution < 1.29 is 14.0 Å². The highest BCUT2D eigenvalue weighted by molar-refractivity contribution is 5.88. The quantitative estimate of drug-likeness (QED) is 0.907. The fourth-order valence-corrected chi connectivity index (χ4v) is 2.79. The predicted molar refractivity (Wildman–Crippen MR) is 81.5 cm³/mol. The van der Waals surface area contributed by atoms with E-state index in [0.717, 1.165) is 11.3 Å². The third-order valence-electron chi connectivity index (χ3n) is 3.96. The lowest BCUT2D eigenvalue weighted by Gasteiger charge is -2.21. The maximum Gasteiger partial charge on any atom is 0.240 e. The van der Waals surface area contributed by atoms with Gasteiger partial charge < -0.3 is 10.6 Å². The molecule has 0 saturated carbocycles. The zero-order chi connectivity index (χ0) is 16.4. The summed E-state index contributed by atoms with van der Waals surface area (Å²) in [4.78, 5) is 24.9. The lowest BCUT2D eigenvalue weighted by molar-refractivity contribution is -0.136. The van der Waals surface area contributed by atoms with Crippen LogP contribution in [0.2, 0.25) is 0 Å². The maximum atomic E-state index is 13.5. The molecule has 0 spiro atoms. The summed E-state index contributed by atoms with van der Waals surface area (Å²) < 4.78 is 15.2. The topological polar surface area (TPSA) is 81.2 Å². The average Bonchev–Trinajstić information content (AvgIpc) is 3.17. The van der Waals surface area contributed by atoms with Crippen LogP contribution in [0.5, 0.6) is 0 Å². The molecule has 0 bridgehead atoms. The molecular weight excluding hydrogens is 299 g/mol. The molecule has 1 aliphatic heterocycles. The van der Waals surface area contributed by atoms with Gasteiger partial charge in [-0.15, -0.1) is 0 Å². The summed E-state index contributed by atoms with van der Waals surface area (Å²) in [5.41, 5.74) is 6.92. The van der Waals surface area contributed by atoms with E-state index in [1.54, 1.807) is 10.9 Å². The van der Waals surface area contributed by atoms with Crippen molar-refractivity contribution in [1.82, 2.24) is 14.7 Å². The monoisotopic (exact) mass is 316 g/mol. The van der Waals surface area contributed by atoms with Crippen molar-refractivity contribution in [2.45, 2.75) is 25.1 Å². The largest absolute Gasteiger partial charge is 0.368 e. The van der Waals surface area contributed by atoms with E-state index < -0.39 is 18.1 Å². The number of hydrogen-bond acceptors (Lipinski definition) is 3. The van der Waals surface area contributed by atoms with Gasteiger partial charge in [-0.3, -0.25) is 9.59 Å². The van der Waals surface area contributed by atoms with Crippen molar-refractivity contribution in [2.24, 2.45) is 5.73 Å². The third kappa shape index (κ3) is 3.23. The highest BCUT2D eigenvalue weighted by Gasteiger charge is 2.38. The molecule has 1 aliphatic rings. The normalized spacial score (nSPS) is 20.7. The van der Waals surface area contributed by atoms with Gasteiger partial charge in [0.1, 0.15) is 12.2 Å². The van der Waals surface area contributed by atoms with Gasteiger partial charge in [0, 0.05) is 18.8 Å². The molecule has 7 heteroatoms. The van der Waals surface area contributed by atoms with Gasteiger partial charge in [0.25, 0.3) is 0 Å². The van der Waals surface area contributed by atoms with E-state index in [9.17, 15) is 14.0 Å². The Morgan fingerprint density at radius 3 is 2.65 bits per heavy atom. The van der Waals surface area contributed by atoms with Gasteiger partial charge in [0.05, 0.1) is 18.7 Å². The number of aromatic nitrogens is 2. The summed E-state index contributed by atoms with van der Waals surface area (Å²) in [6.07, 6.45) is 2.40. The second-order valence-electron chi connectivity index (χ2n) is 5.59. The van der Waals surface area contributed by atoms with Crippen LogP contribution >= 0.6 is 0 Å². The number of amides is 2. The van der Waals surface area contributed by atoms with Gasteiger partial charge in [0.15, 0.2) is 0 Å². The summed E-state index contributed by atoms with van der Waals surface area (Å²) in [6.45, 7) is -0.0716. The fraction of sp³-hybridized carbons (Fsp3) is 0.312. The van der Waals surface area contributed by atoms with Gasteiger partial charge in [-0.25, -0.2) is 9.07 Å². The molecule has 1 saturated heterocycles. The van der Waals surface area contributed by atoms with Crippen LogP contribution in [-0.2, 0) is 16.0 Å². The van der Waals surface area contributed by atoms with Crippen LogP contribution in [0.3, 0.4) is 0 Å². The van der Waals surface area contributed by atoms with Crippen molar-refractivity contribution in [2.75, 3.05) is 6.54 Å². The highest BCUT2D eigenvalue weighted by atomic mass is 19.1. The zero-order valence-corrected chi connectivity index (χ0v) is 12.4. The first kappa shape index (κ1) is 15.2. The van der Waals surface area contributed by atoms with Crippen LogP contribution in [-0.4, -0.2) is 45.3 Å². The van der Waals surface area contributed by atoms with Crippen LogP contribution in [0.4, 0.5) is 4.39 Å². The number of carbonyl (C=O) groups excluding carboxylic acids is 2. The lowest BCUT2D eigenvalue weighted by atomic mass is 10.1. The molecule has 3 rings (SSSR count). The Morgan fingerprint density at radius 1 is 1.30 bits per heavy atom. The summed E-state index contributed by atoms with van der Waals surface area (Å²) in [5, 5.41) is 4.13. The van der Waals surface area contributed by atoms with E-state index in [4.69, 9.17) is 5.73 Å². The molecule has 1 aromatic heterocycles. The lowest BCUT2D eigenvalue weighted by Crippen LogP contribution is -2.44. The Labute approximate surface area is 132 Å². The van der Waals surface area contributed by atoms with Crippen molar-refractivity contribution in [3.8, 4) is 5.69 Å². The molecule has 0 unspecified atom stereocenters. The average molecular weight is 316 g/mol. The van der Waals surface area contributed by atoms with Crippen LogP contribution in [0.25, 0.3) is 5.69 Å². The molecule has 2 heterocycles. The fourth-order valence-electron chi connectivity index (χ4n) is 2.79. The number of nitrogens with two attached hydrogens (primary N) is 1. The molecule has 6 nitrogen and oxygen atoms in total. The van der Waals surface area contributed by atoms with Crippen molar-refractivity contribution in [3.63, 3.8) is 0 Å². The second-order valence-corrected chi connectivity index (χ2v) is 5.59. The number of rotatable bonds is 4. The van der Waals surface area contributed by atoms with Gasteiger partial charge in [0.2, 0.25) is 11.8 Å². The zero-order valence-electron chi connectivity index (χ0n) is 12.4. The summed E-state index contributed by atoms with van der Waals surface area (Å²) in [5.74, 6) is -0.951. The van der Waals surface area contributed by atoms with Crippen LogP contribution in [0, 0.1) is 0 Å². The molecule has 2 N–H and O–H groups in total. The maximum absolute atomic E-state index is 13.5. The molecule has 2 amide bonds. The summed E-state index contributed by atoms with van der Waals surface area (Å²) in [7, 11) is 0. The van der Waals surface area contributed by atoms with Crippen LogP contribution in [0.1, 0.15) is 12.0 Å². The van der Waals surface area contributed by atoms with E-state index >= 15 is 0 Å². The molecule has 120 valence electrons. The van der Waals surface area contributed by atoms with Crippen molar-refractivity contribution in [3.05, 3.63) is 48.3 Å². The van der Waals surface area contributed by atoms with E-state index in [-0.39, 0.29) is 25.3 Å². The molecule has 1 fully saturated rings. The van der Waals surface area contributed by atoms with E-state index in [0.29, 0.717) is 0 Å². The number of carbonyl (C=O) groups is 2. The minimum absolute atomic E-state index is 0.0146. The number of primary amides is 1. The number of halogens is 1. The SMILES string of the molecule is NC(=O)[C@@H]1C[C@@H](F)CN1C(=O)Cc1ccc(-n2cccn2)cc1. The Bertz CT molecular complexity index is 699. The standard InChI is InChI=1S/C16H17FN4O2/c17-12-9-14(16(18)23)20(10-12)15(22)8-11-2-4-13(5-3-11)21-7-1-6-19-21/h1-7,12,14H,8-10H2,(H2,18,23)/t12-,14+/m1/s1. The number of benzene rings is 1. The third-order valence-corrected chi connectivity index (χ3v) is 3.96. The summed E-state index contributed by atoms with van der Waals surface area (Å²) in [6, 6.07) is 8.31. The molecule has 0 aliphatic carbocycles. The van der Waals surface area contributed by atoms with Crippen molar-refractivity contribution in [1.29, 1.82) is 0 Å². The molecule has 1 aromatic carbocycles. The minimum Gasteiger partial charge on any atom is -0.368 e. The number of hydrogen-bond donors (Lipinski definition) is 1. The number of alkyl halides is 1. The molecule has 2 atom stereocenters. The van der Waals surface area contributed by atoms with Crippen LogP contribution in [0.15, 0.2) is 42.7 Å². The van der Waals surface area contributed by atoms with Gasteiger partial charge in [-0.2, -0.15) is 5.10 Å². The number of nitrogens with zero attached hydrogens (tertiary/aromatic N) is 3. The van der Waals surface area contributed by atoms with Gasteiger partial charge >= 0.3 is 0 Å². The minimum atomic E-state index is -1.20. The molecule has 23 heavy (non-hydrogen) atoms. The van der Waals surface area contributed by atoms with Crippen LogP contribution < -0.4 is 5.73 Å². The Kier molecular flexibility index (Phi) is 4.10. The Morgan fingerprint density at radius 2 is 2.04 bits per heavy atom.